The van der Waals surface area contributed by atoms with Crippen LogP contribution in [-0.4, -0.2) is 43.2 Å². The molecule has 0 spiro atoms. The Morgan fingerprint density at radius 1 is 1.07 bits per heavy atom. The second kappa shape index (κ2) is 10.8. The number of ether oxygens (including phenoxy) is 3. The largest absolute Gasteiger partial charge is 0.493 e. The SMILES string of the molecule is COCCN(Cc1csc(COc2ccccc2OC)n1)C(=O)c1ccc(C)cc1. The highest BCUT2D eigenvalue weighted by molar-refractivity contribution is 7.09. The first-order valence-electron chi connectivity index (χ1n) is 9.64. The molecule has 3 aromatic rings. The third-order valence-electron chi connectivity index (χ3n) is 4.52. The number of benzene rings is 2. The van der Waals surface area contributed by atoms with Crippen LogP contribution >= 0.6 is 11.3 Å². The molecule has 0 bridgehead atoms. The van der Waals surface area contributed by atoms with Crippen LogP contribution in [0.2, 0.25) is 0 Å². The van der Waals surface area contributed by atoms with E-state index in [1.807, 2.05) is 60.8 Å². The van der Waals surface area contributed by atoms with E-state index >= 15 is 0 Å². The van der Waals surface area contributed by atoms with E-state index < -0.39 is 0 Å². The normalized spacial score (nSPS) is 10.6. The van der Waals surface area contributed by atoms with Crippen LogP contribution in [-0.2, 0) is 17.9 Å². The van der Waals surface area contributed by atoms with E-state index in [0.29, 0.717) is 43.4 Å². The summed E-state index contributed by atoms with van der Waals surface area (Å²) in [5, 5.41) is 2.80. The van der Waals surface area contributed by atoms with Crippen molar-refractivity contribution in [3.8, 4) is 11.5 Å². The predicted molar refractivity (Wildman–Crippen MR) is 117 cm³/mol. The Kier molecular flexibility index (Phi) is 7.82. The zero-order valence-corrected chi connectivity index (χ0v) is 18.3. The first kappa shape index (κ1) is 21.8. The third kappa shape index (κ3) is 5.81. The minimum Gasteiger partial charge on any atom is -0.493 e. The number of thiazole rings is 1. The quantitative estimate of drug-likeness (QED) is 0.483. The lowest BCUT2D eigenvalue weighted by Crippen LogP contribution is -2.33. The van der Waals surface area contributed by atoms with Crippen molar-refractivity contribution in [2.45, 2.75) is 20.1 Å². The van der Waals surface area contributed by atoms with E-state index in [4.69, 9.17) is 14.2 Å². The fourth-order valence-electron chi connectivity index (χ4n) is 2.89. The number of carbonyl (C=O) groups is 1. The van der Waals surface area contributed by atoms with Gasteiger partial charge in [0.2, 0.25) is 0 Å². The molecule has 0 saturated carbocycles. The Balaban J connectivity index is 1.66. The Hall–Kier alpha value is -2.90. The molecule has 30 heavy (non-hydrogen) atoms. The summed E-state index contributed by atoms with van der Waals surface area (Å²) < 4.78 is 16.3. The maximum atomic E-state index is 13.0. The minimum atomic E-state index is -0.0353. The average molecular weight is 427 g/mol. The van der Waals surface area contributed by atoms with Gasteiger partial charge in [0.1, 0.15) is 11.6 Å². The highest BCUT2D eigenvalue weighted by Crippen LogP contribution is 2.27. The highest BCUT2D eigenvalue weighted by Gasteiger charge is 2.17. The van der Waals surface area contributed by atoms with Gasteiger partial charge in [-0.3, -0.25) is 4.79 Å². The second-order valence-corrected chi connectivity index (χ2v) is 7.70. The predicted octanol–water partition coefficient (Wildman–Crippen LogP) is 4.33. The molecule has 158 valence electrons. The summed E-state index contributed by atoms with van der Waals surface area (Å²) in [5.74, 6) is 1.32. The van der Waals surface area contributed by atoms with Crippen LogP contribution in [0.1, 0.15) is 26.6 Å². The van der Waals surface area contributed by atoms with Crippen LogP contribution in [0.15, 0.2) is 53.9 Å². The molecule has 0 saturated heterocycles. The van der Waals surface area contributed by atoms with E-state index in [9.17, 15) is 4.79 Å². The van der Waals surface area contributed by atoms with Gasteiger partial charge in [0.05, 0.1) is 26.0 Å². The molecular weight excluding hydrogens is 400 g/mol. The summed E-state index contributed by atoms with van der Waals surface area (Å²) in [6.45, 7) is 3.72. The third-order valence-corrected chi connectivity index (χ3v) is 5.39. The van der Waals surface area contributed by atoms with Crippen molar-refractivity contribution in [3.63, 3.8) is 0 Å². The Morgan fingerprint density at radius 3 is 2.50 bits per heavy atom. The Bertz CT molecular complexity index is 956. The van der Waals surface area contributed by atoms with Crippen molar-refractivity contribution in [2.75, 3.05) is 27.4 Å². The standard InChI is InChI=1S/C23H26N2O4S/c1-17-8-10-18(11-9-17)23(26)25(12-13-27-2)14-19-16-30-22(24-19)15-29-21-7-5-4-6-20(21)28-3/h4-11,16H,12-15H2,1-3H3. The van der Waals surface area contributed by atoms with E-state index in [2.05, 4.69) is 4.98 Å². The van der Waals surface area contributed by atoms with Gasteiger partial charge < -0.3 is 19.1 Å². The Morgan fingerprint density at radius 2 is 1.80 bits per heavy atom. The van der Waals surface area contributed by atoms with Crippen LogP contribution in [0.25, 0.3) is 0 Å². The van der Waals surface area contributed by atoms with E-state index in [0.717, 1.165) is 16.3 Å². The molecule has 0 unspecified atom stereocenters. The molecule has 7 heteroatoms. The van der Waals surface area contributed by atoms with Gasteiger partial charge in [-0.05, 0) is 31.2 Å². The van der Waals surface area contributed by atoms with Gasteiger partial charge in [-0.2, -0.15) is 0 Å². The summed E-state index contributed by atoms with van der Waals surface area (Å²) in [5.41, 5.74) is 2.61. The molecule has 0 aliphatic heterocycles. The van der Waals surface area contributed by atoms with Gasteiger partial charge in [0.15, 0.2) is 11.5 Å². The topological polar surface area (TPSA) is 60.9 Å². The summed E-state index contributed by atoms with van der Waals surface area (Å²) in [7, 11) is 3.24. The van der Waals surface area contributed by atoms with Crippen molar-refractivity contribution >= 4 is 17.2 Å². The van der Waals surface area contributed by atoms with Crippen LogP contribution in [0.4, 0.5) is 0 Å². The molecule has 6 nitrogen and oxygen atoms in total. The zero-order valence-electron chi connectivity index (χ0n) is 17.5. The van der Waals surface area contributed by atoms with E-state index in [-0.39, 0.29) is 5.91 Å². The first-order chi connectivity index (χ1) is 14.6. The van der Waals surface area contributed by atoms with Gasteiger partial charge in [-0.25, -0.2) is 4.98 Å². The lowest BCUT2D eigenvalue weighted by Gasteiger charge is -2.21. The molecule has 1 heterocycles. The molecule has 0 aliphatic carbocycles. The molecule has 0 aliphatic rings. The number of methoxy groups -OCH3 is 2. The maximum Gasteiger partial charge on any atom is 0.254 e. The summed E-state index contributed by atoms with van der Waals surface area (Å²) >= 11 is 1.51. The van der Waals surface area contributed by atoms with E-state index in [1.54, 1.807) is 19.1 Å². The summed E-state index contributed by atoms with van der Waals surface area (Å²) in [6.07, 6.45) is 0. The number of nitrogens with zero attached hydrogens (tertiary/aromatic N) is 2. The average Bonchev–Trinajstić information content (AvgIpc) is 3.22. The monoisotopic (exact) mass is 426 g/mol. The molecule has 0 radical (unpaired) electrons. The smallest absolute Gasteiger partial charge is 0.254 e. The number of hydrogen-bond acceptors (Lipinski definition) is 6. The number of hydrogen-bond donors (Lipinski definition) is 0. The highest BCUT2D eigenvalue weighted by atomic mass is 32.1. The molecule has 3 rings (SSSR count). The molecular formula is C23H26N2O4S. The van der Waals surface area contributed by atoms with Crippen molar-refractivity contribution in [3.05, 3.63) is 75.7 Å². The number of aromatic nitrogens is 1. The first-order valence-corrected chi connectivity index (χ1v) is 10.5. The van der Waals surface area contributed by atoms with Gasteiger partial charge in [-0.1, -0.05) is 29.8 Å². The zero-order chi connectivity index (χ0) is 21.3. The van der Waals surface area contributed by atoms with E-state index in [1.165, 1.54) is 11.3 Å². The molecule has 1 amide bonds. The lowest BCUT2D eigenvalue weighted by atomic mass is 10.1. The Labute approximate surface area is 181 Å². The van der Waals surface area contributed by atoms with Gasteiger partial charge >= 0.3 is 0 Å². The van der Waals surface area contributed by atoms with Crippen LogP contribution in [0, 0.1) is 6.92 Å². The fourth-order valence-corrected chi connectivity index (χ4v) is 3.59. The molecule has 1 aromatic heterocycles. The number of carbonyl (C=O) groups excluding carboxylic acids is 1. The number of amides is 1. The number of rotatable bonds is 10. The number of aryl methyl sites for hydroxylation is 1. The van der Waals surface area contributed by atoms with Crippen LogP contribution < -0.4 is 9.47 Å². The minimum absolute atomic E-state index is 0.0353. The van der Waals surface area contributed by atoms with Crippen LogP contribution in [0.3, 0.4) is 0 Å². The number of para-hydroxylation sites is 2. The summed E-state index contributed by atoms with van der Waals surface area (Å²) in [6, 6.07) is 15.1. The molecule has 0 atom stereocenters. The van der Waals surface area contributed by atoms with Gasteiger partial charge in [-0.15, -0.1) is 11.3 Å². The van der Waals surface area contributed by atoms with Crippen molar-refractivity contribution in [2.24, 2.45) is 0 Å². The summed E-state index contributed by atoms with van der Waals surface area (Å²) in [4.78, 5) is 19.4. The lowest BCUT2D eigenvalue weighted by molar-refractivity contribution is 0.0678. The molecule has 2 aromatic carbocycles. The molecule has 0 N–H and O–H groups in total. The van der Waals surface area contributed by atoms with Gasteiger partial charge in [0, 0.05) is 24.6 Å². The second-order valence-electron chi connectivity index (χ2n) is 6.76. The van der Waals surface area contributed by atoms with Crippen LogP contribution in [0.5, 0.6) is 11.5 Å². The maximum absolute atomic E-state index is 13.0. The van der Waals surface area contributed by atoms with Crippen molar-refractivity contribution < 1.29 is 19.0 Å². The van der Waals surface area contributed by atoms with Gasteiger partial charge in [0.25, 0.3) is 5.91 Å². The van der Waals surface area contributed by atoms with Crippen molar-refractivity contribution in [1.29, 1.82) is 0 Å². The fraction of sp³-hybridized carbons (Fsp3) is 0.304. The van der Waals surface area contributed by atoms with Crippen molar-refractivity contribution in [1.82, 2.24) is 9.88 Å². The molecule has 0 fully saturated rings.